The van der Waals surface area contributed by atoms with Gasteiger partial charge in [-0.15, -0.1) is 0 Å². The molecule has 0 saturated heterocycles. The molecule has 0 fully saturated rings. The molecule has 2 aromatic rings. The smallest absolute Gasteiger partial charge is 0.313 e. The van der Waals surface area contributed by atoms with Gasteiger partial charge in [-0.3, -0.25) is 9.59 Å². The van der Waals surface area contributed by atoms with Crippen LogP contribution in [-0.4, -0.2) is 18.9 Å². The Kier molecular flexibility index (Phi) is 5.19. The van der Waals surface area contributed by atoms with Crippen LogP contribution >= 0.6 is 0 Å². The molecule has 0 unspecified atom stereocenters. The van der Waals surface area contributed by atoms with Crippen molar-refractivity contribution in [1.82, 2.24) is 5.32 Å². The molecule has 0 bridgehead atoms. The summed E-state index contributed by atoms with van der Waals surface area (Å²) in [6.45, 7) is 2.12. The van der Waals surface area contributed by atoms with E-state index in [4.69, 9.17) is 10.5 Å². The van der Waals surface area contributed by atoms with Crippen LogP contribution in [0.2, 0.25) is 0 Å². The third-order valence-electron chi connectivity index (χ3n) is 3.28. The van der Waals surface area contributed by atoms with E-state index >= 15 is 0 Å². The number of carbonyl (C=O) groups is 2. The minimum atomic E-state index is -0.754. The number of methoxy groups -OCH3 is 1. The van der Waals surface area contributed by atoms with Crippen molar-refractivity contribution in [2.24, 2.45) is 0 Å². The van der Waals surface area contributed by atoms with Gasteiger partial charge in [0.2, 0.25) is 0 Å². The standard InChI is InChI=1S/C17H19N3O3/c1-11-3-8-14(18)15(9-11)20-17(22)16(21)19-10-12-4-6-13(23-2)7-5-12/h3-9H,10,18H2,1-2H3,(H,19,21)(H,20,22). The van der Waals surface area contributed by atoms with Gasteiger partial charge < -0.3 is 21.1 Å². The van der Waals surface area contributed by atoms with Gasteiger partial charge >= 0.3 is 11.8 Å². The summed E-state index contributed by atoms with van der Waals surface area (Å²) >= 11 is 0. The van der Waals surface area contributed by atoms with Gasteiger partial charge in [0.25, 0.3) is 0 Å². The summed E-state index contributed by atoms with van der Waals surface area (Å²) in [5.41, 5.74) is 8.41. The van der Waals surface area contributed by atoms with E-state index in [1.165, 1.54) is 0 Å². The fraction of sp³-hybridized carbons (Fsp3) is 0.176. The number of carbonyl (C=O) groups excluding carboxylic acids is 2. The van der Waals surface area contributed by atoms with Crippen LogP contribution in [0.25, 0.3) is 0 Å². The predicted octanol–water partition coefficient (Wildman–Crippen LogP) is 1.84. The summed E-state index contributed by atoms with van der Waals surface area (Å²) in [4.78, 5) is 23.8. The molecule has 6 heteroatoms. The van der Waals surface area contributed by atoms with Gasteiger partial charge in [-0.2, -0.15) is 0 Å². The molecular weight excluding hydrogens is 294 g/mol. The predicted molar refractivity (Wildman–Crippen MR) is 89.1 cm³/mol. The number of rotatable bonds is 4. The van der Waals surface area contributed by atoms with Crippen molar-refractivity contribution in [3.05, 3.63) is 53.6 Å². The molecule has 0 radical (unpaired) electrons. The molecule has 0 heterocycles. The number of amides is 2. The zero-order valence-corrected chi connectivity index (χ0v) is 13.1. The molecule has 0 spiro atoms. The second-order valence-corrected chi connectivity index (χ2v) is 5.08. The third-order valence-corrected chi connectivity index (χ3v) is 3.28. The second kappa shape index (κ2) is 7.31. The SMILES string of the molecule is COc1ccc(CNC(=O)C(=O)Nc2cc(C)ccc2N)cc1. The Balaban J connectivity index is 1.92. The van der Waals surface area contributed by atoms with Crippen molar-refractivity contribution < 1.29 is 14.3 Å². The average Bonchev–Trinajstić information content (AvgIpc) is 2.56. The molecular formula is C17H19N3O3. The quantitative estimate of drug-likeness (QED) is 0.593. The van der Waals surface area contributed by atoms with Crippen LogP contribution in [0.5, 0.6) is 5.75 Å². The Morgan fingerprint density at radius 3 is 2.43 bits per heavy atom. The Hall–Kier alpha value is -3.02. The van der Waals surface area contributed by atoms with Crippen LogP contribution in [-0.2, 0) is 16.1 Å². The molecule has 120 valence electrons. The van der Waals surface area contributed by atoms with Crippen molar-refractivity contribution in [3.8, 4) is 5.75 Å². The Bertz CT molecular complexity index is 712. The third kappa shape index (κ3) is 4.47. The molecule has 2 amide bonds. The molecule has 0 saturated carbocycles. The lowest BCUT2D eigenvalue weighted by Gasteiger charge is -2.09. The number of nitrogens with one attached hydrogen (secondary N) is 2. The lowest BCUT2D eigenvalue weighted by molar-refractivity contribution is -0.136. The zero-order valence-electron chi connectivity index (χ0n) is 13.1. The topological polar surface area (TPSA) is 93.4 Å². The Labute approximate surface area is 134 Å². The summed E-state index contributed by atoms with van der Waals surface area (Å²) in [5, 5.41) is 5.07. The average molecular weight is 313 g/mol. The maximum atomic E-state index is 11.9. The van der Waals surface area contributed by atoms with Crippen LogP contribution in [0.1, 0.15) is 11.1 Å². The van der Waals surface area contributed by atoms with Crippen LogP contribution in [0.3, 0.4) is 0 Å². The van der Waals surface area contributed by atoms with Crippen LogP contribution in [0, 0.1) is 6.92 Å². The van der Waals surface area contributed by atoms with E-state index in [0.29, 0.717) is 11.4 Å². The maximum absolute atomic E-state index is 11.9. The largest absolute Gasteiger partial charge is 0.497 e. The first-order chi connectivity index (χ1) is 11.0. The lowest BCUT2D eigenvalue weighted by Crippen LogP contribution is -2.35. The van der Waals surface area contributed by atoms with Crippen LogP contribution in [0.4, 0.5) is 11.4 Å². The second-order valence-electron chi connectivity index (χ2n) is 5.08. The van der Waals surface area contributed by atoms with E-state index in [2.05, 4.69) is 10.6 Å². The van der Waals surface area contributed by atoms with Crippen molar-refractivity contribution >= 4 is 23.2 Å². The fourth-order valence-corrected chi connectivity index (χ4v) is 1.96. The number of nitrogens with two attached hydrogens (primary N) is 1. The molecule has 0 aliphatic rings. The molecule has 2 aromatic carbocycles. The van der Waals surface area contributed by atoms with Gasteiger partial charge in [-0.1, -0.05) is 18.2 Å². The highest BCUT2D eigenvalue weighted by atomic mass is 16.5. The minimum absolute atomic E-state index is 0.250. The summed E-state index contributed by atoms with van der Waals surface area (Å²) in [5.74, 6) is -0.745. The van der Waals surface area contributed by atoms with E-state index in [0.717, 1.165) is 16.9 Å². The summed E-state index contributed by atoms with van der Waals surface area (Å²) in [6.07, 6.45) is 0. The van der Waals surface area contributed by atoms with Gasteiger partial charge in [0.1, 0.15) is 5.75 Å². The molecule has 23 heavy (non-hydrogen) atoms. The highest BCUT2D eigenvalue weighted by molar-refractivity contribution is 6.39. The molecule has 0 aliphatic carbocycles. The van der Waals surface area contributed by atoms with Crippen LogP contribution in [0.15, 0.2) is 42.5 Å². The summed E-state index contributed by atoms with van der Waals surface area (Å²) in [7, 11) is 1.58. The Morgan fingerprint density at radius 2 is 1.78 bits per heavy atom. The van der Waals surface area contributed by atoms with Gasteiger partial charge in [0, 0.05) is 6.54 Å². The molecule has 6 nitrogen and oxygen atoms in total. The van der Waals surface area contributed by atoms with E-state index < -0.39 is 11.8 Å². The van der Waals surface area contributed by atoms with E-state index in [1.807, 2.05) is 25.1 Å². The zero-order chi connectivity index (χ0) is 16.8. The maximum Gasteiger partial charge on any atom is 0.313 e. The molecule has 4 N–H and O–H groups in total. The summed E-state index contributed by atoms with van der Waals surface area (Å²) in [6, 6.07) is 12.4. The fourth-order valence-electron chi connectivity index (χ4n) is 1.96. The molecule has 2 rings (SSSR count). The molecule has 0 aliphatic heterocycles. The Morgan fingerprint density at radius 1 is 1.09 bits per heavy atom. The lowest BCUT2D eigenvalue weighted by atomic mass is 10.2. The van der Waals surface area contributed by atoms with Crippen molar-refractivity contribution in [2.75, 3.05) is 18.2 Å². The highest BCUT2D eigenvalue weighted by Gasteiger charge is 2.14. The van der Waals surface area contributed by atoms with Gasteiger partial charge in [0.05, 0.1) is 18.5 Å². The van der Waals surface area contributed by atoms with Gasteiger partial charge in [0.15, 0.2) is 0 Å². The number of benzene rings is 2. The monoisotopic (exact) mass is 313 g/mol. The number of anilines is 2. The van der Waals surface area contributed by atoms with Gasteiger partial charge in [-0.05, 0) is 42.3 Å². The highest BCUT2D eigenvalue weighted by Crippen LogP contribution is 2.19. The minimum Gasteiger partial charge on any atom is -0.497 e. The number of hydrogen-bond acceptors (Lipinski definition) is 4. The first-order valence-electron chi connectivity index (χ1n) is 7.08. The van der Waals surface area contributed by atoms with E-state index in [9.17, 15) is 9.59 Å². The van der Waals surface area contributed by atoms with Crippen molar-refractivity contribution in [3.63, 3.8) is 0 Å². The first kappa shape index (κ1) is 16.4. The molecule has 0 atom stereocenters. The van der Waals surface area contributed by atoms with E-state index in [-0.39, 0.29) is 6.54 Å². The van der Waals surface area contributed by atoms with E-state index in [1.54, 1.807) is 31.4 Å². The number of nitrogen functional groups attached to an aromatic ring is 1. The van der Waals surface area contributed by atoms with Gasteiger partial charge in [-0.25, -0.2) is 0 Å². The number of aryl methyl sites for hydroxylation is 1. The normalized spacial score (nSPS) is 10.0. The van der Waals surface area contributed by atoms with Crippen LogP contribution < -0.4 is 21.1 Å². The number of ether oxygens (including phenoxy) is 1. The number of hydrogen-bond donors (Lipinski definition) is 3. The summed E-state index contributed by atoms with van der Waals surface area (Å²) < 4.78 is 5.06. The molecule has 0 aromatic heterocycles. The van der Waals surface area contributed by atoms with Crippen molar-refractivity contribution in [2.45, 2.75) is 13.5 Å². The first-order valence-corrected chi connectivity index (χ1v) is 7.08. The van der Waals surface area contributed by atoms with Crippen molar-refractivity contribution in [1.29, 1.82) is 0 Å².